The largest absolute Gasteiger partial charge is 0.493 e. The fourth-order valence-electron chi connectivity index (χ4n) is 2.41. The van der Waals surface area contributed by atoms with Crippen LogP contribution in [0.5, 0.6) is 11.5 Å². The summed E-state index contributed by atoms with van der Waals surface area (Å²) in [4.78, 5) is 24.1. The standard InChI is InChI=1S/C21H20F3NO5/c1-13(20(27)25-16-8-9-17(28-2)18(12-16)29-3)30-19(26)10-7-14-5-4-6-15(11-14)21(22,23)24/h4-13H,1-3H3,(H,25,27)/b10-7+. The molecule has 0 saturated heterocycles. The van der Waals surface area contributed by atoms with E-state index in [-0.39, 0.29) is 5.56 Å². The van der Waals surface area contributed by atoms with Crippen molar-refractivity contribution in [2.45, 2.75) is 19.2 Å². The summed E-state index contributed by atoms with van der Waals surface area (Å²) in [6, 6.07) is 9.19. The van der Waals surface area contributed by atoms with E-state index in [9.17, 15) is 22.8 Å². The van der Waals surface area contributed by atoms with Crippen LogP contribution in [-0.2, 0) is 20.5 Å². The number of anilines is 1. The van der Waals surface area contributed by atoms with Crippen molar-refractivity contribution in [3.63, 3.8) is 0 Å². The van der Waals surface area contributed by atoms with Gasteiger partial charge >= 0.3 is 12.1 Å². The van der Waals surface area contributed by atoms with Crippen molar-refractivity contribution < 1.29 is 37.0 Å². The average molecular weight is 423 g/mol. The number of benzene rings is 2. The molecule has 0 aromatic heterocycles. The average Bonchev–Trinajstić information content (AvgIpc) is 2.71. The molecular weight excluding hydrogens is 403 g/mol. The second-order valence-electron chi connectivity index (χ2n) is 6.09. The first-order chi connectivity index (χ1) is 14.1. The molecule has 0 bridgehead atoms. The Morgan fingerprint density at radius 1 is 1.03 bits per heavy atom. The Bertz CT molecular complexity index is 940. The molecule has 1 amide bonds. The van der Waals surface area contributed by atoms with Gasteiger partial charge in [0.05, 0.1) is 19.8 Å². The molecule has 0 spiro atoms. The maximum atomic E-state index is 12.7. The number of hydrogen-bond donors (Lipinski definition) is 1. The molecule has 1 atom stereocenters. The smallest absolute Gasteiger partial charge is 0.416 e. The number of methoxy groups -OCH3 is 2. The summed E-state index contributed by atoms with van der Waals surface area (Å²) in [7, 11) is 2.93. The maximum absolute atomic E-state index is 12.7. The molecule has 1 N–H and O–H groups in total. The summed E-state index contributed by atoms with van der Waals surface area (Å²) in [5, 5.41) is 2.57. The van der Waals surface area contributed by atoms with Crippen LogP contribution < -0.4 is 14.8 Å². The van der Waals surface area contributed by atoms with Gasteiger partial charge in [0.1, 0.15) is 0 Å². The first kappa shape index (κ1) is 22.8. The molecule has 0 radical (unpaired) electrons. The van der Waals surface area contributed by atoms with E-state index in [0.29, 0.717) is 17.2 Å². The number of ether oxygens (including phenoxy) is 3. The van der Waals surface area contributed by atoms with Crippen molar-refractivity contribution in [1.29, 1.82) is 0 Å². The van der Waals surface area contributed by atoms with E-state index >= 15 is 0 Å². The summed E-state index contributed by atoms with van der Waals surface area (Å²) in [6.45, 7) is 1.37. The van der Waals surface area contributed by atoms with Gasteiger partial charge < -0.3 is 19.5 Å². The Morgan fingerprint density at radius 2 is 1.73 bits per heavy atom. The fourth-order valence-corrected chi connectivity index (χ4v) is 2.41. The molecule has 0 saturated carbocycles. The lowest BCUT2D eigenvalue weighted by Gasteiger charge is -2.14. The van der Waals surface area contributed by atoms with Gasteiger partial charge in [-0.05, 0) is 42.8 Å². The van der Waals surface area contributed by atoms with Crippen LogP contribution in [0.1, 0.15) is 18.1 Å². The van der Waals surface area contributed by atoms with E-state index in [4.69, 9.17) is 14.2 Å². The number of esters is 1. The lowest BCUT2D eigenvalue weighted by molar-refractivity contribution is -0.148. The zero-order chi connectivity index (χ0) is 22.3. The molecule has 9 heteroatoms. The number of amides is 1. The zero-order valence-electron chi connectivity index (χ0n) is 16.4. The van der Waals surface area contributed by atoms with Crippen LogP contribution in [0.25, 0.3) is 6.08 Å². The molecule has 0 heterocycles. The highest BCUT2D eigenvalue weighted by Crippen LogP contribution is 2.30. The van der Waals surface area contributed by atoms with Crippen LogP contribution in [0, 0.1) is 0 Å². The van der Waals surface area contributed by atoms with Gasteiger partial charge in [-0.25, -0.2) is 4.79 Å². The van der Waals surface area contributed by atoms with Crippen LogP contribution in [0.4, 0.5) is 18.9 Å². The van der Waals surface area contributed by atoms with Crippen molar-refractivity contribution in [2.75, 3.05) is 19.5 Å². The first-order valence-electron chi connectivity index (χ1n) is 8.73. The quantitative estimate of drug-likeness (QED) is 0.531. The minimum Gasteiger partial charge on any atom is -0.493 e. The maximum Gasteiger partial charge on any atom is 0.416 e. The second kappa shape index (κ2) is 9.82. The molecule has 6 nitrogen and oxygen atoms in total. The van der Waals surface area contributed by atoms with Gasteiger partial charge in [-0.2, -0.15) is 13.2 Å². The van der Waals surface area contributed by atoms with Gasteiger partial charge in [-0.1, -0.05) is 12.1 Å². The number of nitrogens with one attached hydrogen (secondary N) is 1. The van der Waals surface area contributed by atoms with Gasteiger partial charge in [0.15, 0.2) is 17.6 Å². The molecule has 160 valence electrons. The van der Waals surface area contributed by atoms with Crippen molar-refractivity contribution in [2.24, 2.45) is 0 Å². The van der Waals surface area contributed by atoms with E-state index in [1.807, 2.05) is 0 Å². The number of carbonyl (C=O) groups excluding carboxylic acids is 2. The topological polar surface area (TPSA) is 73.9 Å². The summed E-state index contributed by atoms with van der Waals surface area (Å²) >= 11 is 0. The highest BCUT2D eigenvalue weighted by molar-refractivity contribution is 5.96. The van der Waals surface area contributed by atoms with Crippen LogP contribution in [-0.4, -0.2) is 32.2 Å². The van der Waals surface area contributed by atoms with Gasteiger partial charge in [0.2, 0.25) is 0 Å². The minimum atomic E-state index is -4.49. The van der Waals surface area contributed by atoms with E-state index in [1.54, 1.807) is 18.2 Å². The Kier molecular flexibility index (Phi) is 7.46. The van der Waals surface area contributed by atoms with E-state index in [2.05, 4.69) is 5.32 Å². The number of halogens is 3. The Balaban J connectivity index is 1.97. The third-order valence-electron chi connectivity index (χ3n) is 3.94. The number of alkyl halides is 3. The highest BCUT2D eigenvalue weighted by atomic mass is 19.4. The van der Waals surface area contributed by atoms with Crippen LogP contribution >= 0.6 is 0 Å². The number of rotatable bonds is 7. The first-order valence-corrected chi connectivity index (χ1v) is 8.73. The van der Waals surface area contributed by atoms with Crippen molar-refractivity contribution in [3.05, 3.63) is 59.7 Å². The van der Waals surface area contributed by atoms with E-state index in [0.717, 1.165) is 18.2 Å². The predicted octanol–water partition coefficient (Wildman–Crippen LogP) is 4.31. The summed E-state index contributed by atoms with van der Waals surface area (Å²) in [5.74, 6) is -0.580. The third-order valence-corrected chi connectivity index (χ3v) is 3.94. The van der Waals surface area contributed by atoms with Crippen LogP contribution in [0.2, 0.25) is 0 Å². The van der Waals surface area contributed by atoms with Crippen molar-refractivity contribution >= 4 is 23.6 Å². The molecule has 2 aromatic rings. The number of hydrogen-bond acceptors (Lipinski definition) is 5. The van der Waals surface area contributed by atoms with E-state index in [1.165, 1.54) is 39.4 Å². The molecule has 0 aliphatic heterocycles. The monoisotopic (exact) mass is 423 g/mol. The molecule has 30 heavy (non-hydrogen) atoms. The minimum absolute atomic E-state index is 0.171. The molecule has 1 unspecified atom stereocenters. The Morgan fingerprint density at radius 3 is 2.37 bits per heavy atom. The second-order valence-corrected chi connectivity index (χ2v) is 6.09. The lowest BCUT2D eigenvalue weighted by atomic mass is 10.1. The summed E-state index contributed by atoms with van der Waals surface area (Å²) in [5.41, 5.74) is -0.259. The highest BCUT2D eigenvalue weighted by Gasteiger charge is 2.30. The molecule has 0 aliphatic carbocycles. The molecule has 0 aliphatic rings. The van der Waals surface area contributed by atoms with Gasteiger partial charge in [-0.15, -0.1) is 0 Å². The zero-order valence-corrected chi connectivity index (χ0v) is 16.4. The normalized spacial score (nSPS) is 12.3. The van der Waals surface area contributed by atoms with Crippen LogP contribution in [0.3, 0.4) is 0 Å². The van der Waals surface area contributed by atoms with Crippen molar-refractivity contribution in [3.8, 4) is 11.5 Å². The molecular formula is C21H20F3NO5. The Labute approximate surface area is 171 Å². The lowest BCUT2D eigenvalue weighted by Crippen LogP contribution is -2.29. The van der Waals surface area contributed by atoms with Gasteiger partial charge in [-0.3, -0.25) is 4.79 Å². The summed E-state index contributed by atoms with van der Waals surface area (Å²) in [6.07, 6.45) is -3.50. The van der Waals surface area contributed by atoms with Gasteiger partial charge in [0, 0.05) is 17.8 Å². The fraction of sp³-hybridized carbons (Fsp3) is 0.238. The van der Waals surface area contributed by atoms with Crippen molar-refractivity contribution in [1.82, 2.24) is 0 Å². The van der Waals surface area contributed by atoms with Gasteiger partial charge in [0.25, 0.3) is 5.91 Å². The Hall–Kier alpha value is -3.49. The SMILES string of the molecule is COc1ccc(NC(=O)C(C)OC(=O)/C=C/c2cccc(C(F)(F)F)c2)cc1OC. The molecule has 2 rings (SSSR count). The van der Waals surface area contributed by atoms with Crippen LogP contribution in [0.15, 0.2) is 48.5 Å². The predicted molar refractivity (Wildman–Crippen MR) is 104 cm³/mol. The number of carbonyl (C=O) groups is 2. The molecule has 0 fully saturated rings. The van der Waals surface area contributed by atoms with E-state index < -0.39 is 29.7 Å². The third kappa shape index (κ3) is 6.26. The molecule has 2 aromatic carbocycles. The summed E-state index contributed by atoms with van der Waals surface area (Å²) < 4.78 is 53.4.